The fraction of sp³-hybridized carbons (Fsp3) is 0.222. The second-order valence-corrected chi connectivity index (χ2v) is 10.7. The van der Waals surface area contributed by atoms with E-state index in [-0.39, 0.29) is 23.5 Å². The Bertz CT molecular complexity index is 1060. The number of rotatable bonds is 3. The number of thiocarbonyl (C=S) groups is 1. The van der Waals surface area contributed by atoms with Gasteiger partial charge >= 0.3 is 0 Å². The maximum atomic E-state index is 12.7. The number of carbonyl (C=O) groups excluding carboxylic acids is 1. The summed E-state index contributed by atoms with van der Waals surface area (Å²) >= 11 is 12.4. The first-order valence-electron chi connectivity index (χ1n) is 8.16. The summed E-state index contributed by atoms with van der Waals surface area (Å²) in [5.74, 6) is 0.983. The molecule has 1 amide bonds. The summed E-state index contributed by atoms with van der Waals surface area (Å²) in [5, 5.41) is 0.642. The average Bonchev–Trinajstić information content (AvgIpc) is 3.28. The van der Waals surface area contributed by atoms with Gasteiger partial charge in [0, 0.05) is 16.7 Å². The first kappa shape index (κ1) is 18.7. The molecule has 1 unspecified atom stereocenters. The Labute approximate surface area is 171 Å². The molecule has 0 N–H and O–H groups in total. The van der Waals surface area contributed by atoms with Crippen LogP contribution in [0.25, 0.3) is 17.4 Å². The van der Waals surface area contributed by atoms with E-state index in [9.17, 15) is 13.2 Å². The van der Waals surface area contributed by atoms with E-state index in [4.69, 9.17) is 28.2 Å². The van der Waals surface area contributed by atoms with Gasteiger partial charge in [0.2, 0.25) is 0 Å². The van der Waals surface area contributed by atoms with Crippen molar-refractivity contribution < 1.29 is 17.6 Å². The normalized spacial score (nSPS) is 23.5. The largest absolute Gasteiger partial charge is 0.457 e. The molecule has 1 aromatic heterocycles. The molecular formula is C18H14ClNO4S3. The first-order chi connectivity index (χ1) is 12.8. The number of carbonyl (C=O) groups is 1. The minimum absolute atomic E-state index is 0.0335. The summed E-state index contributed by atoms with van der Waals surface area (Å²) in [6, 6.07) is 10.5. The van der Waals surface area contributed by atoms with Crippen LogP contribution in [0.5, 0.6) is 0 Å². The molecule has 0 saturated carbocycles. The van der Waals surface area contributed by atoms with Crippen LogP contribution in [0.2, 0.25) is 5.02 Å². The average molecular weight is 440 g/mol. The smallest absolute Gasteiger partial charge is 0.266 e. The Morgan fingerprint density at radius 2 is 1.96 bits per heavy atom. The predicted molar refractivity (Wildman–Crippen MR) is 111 cm³/mol. The van der Waals surface area contributed by atoms with E-state index in [1.165, 1.54) is 16.7 Å². The Hall–Kier alpha value is -1.61. The van der Waals surface area contributed by atoms with Gasteiger partial charge in [0.15, 0.2) is 9.84 Å². The van der Waals surface area contributed by atoms with Crippen LogP contribution in [-0.2, 0) is 14.6 Å². The molecule has 5 nitrogen and oxygen atoms in total. The Kier molecular flexibility index (Phi) is 4.92. The molecule has 0 radical (unpaired) electrons. The Balaban J connectivity index is 1.56. The fourth-order valence-corrected chi connectivity index (χ4v) is 6.31. The van der Waals surface area contributed by atoms with Gasteiger partial charge < -0.3 is 4.42 Å². The highest BCUT2D eigenvalue weighted by molar-refractivity contribution is 8.26. The summed E-state index contributed by atoms with van der Waals surface area (Å²) < 4.78 is 29.6. The van der Waals surface area contributed by atoms with Crippen molar-refractivity contribution >= 4 is 61.7 Å². The van der Waals surface area contributed by atoms with Crippen LogP contribution >= 0.6 is 35.6 Å². The monoisotopic (exact) mass is 439 g/mol. The van der Waals surface area contributed by atoms with Crippen LogP contribution in [0, 0.1) is 0 Å². The van der Waals surface area contributed by atoms with Crippen molar-refractivity contribution in [3.8, 4) is 11.3 Å². The quantitative estimate of drug-likeness (QED) is 0.532. The van der Waals surface area contributed by atoms with Crippen molar-refractivity contribution in [1.82, 2.24) is 4.90 Å². The van der Waals surface area contributed by atoms with Gasteiger partial charge in [-0.05, 0) is 42.8 Å². The molecule has 2 aliphatic heterocycles. The van der Waals surface area contributed by atoms with Gasteiger partial charge in [-0.1, -0.05) is 35.6 Å². The third-order valence-electron chi connectivity index (χ3n) is 4.43. The molecule has 2 aliphatic rings. The van der Waals surface area contributed by atoms with E-state index < -0.39 is 9.84 Å². The standard InChI is InChI=1S/C18H14ClNO4S3/c19-12-3-1-11(2-4-12)15-6-5-14(24-15)9-16-17(21)20(18(25)26-16)13-7-8-27(22,23)10-13/h1-6,9,13H,7-8,10H2/b16-9-. The zero-order chi connectivity index (χ0) is 19.2. The van der Waals surface area contributed by atoms with Crippen LogP contribution in [-0.4, -0.2) is 41.1 Å². The van der Waals surface area contributed by atoms with Crippen LogP contribution in [0.4, 0.5) is 0 Å². The van der Waals surface area contributed by atoms with Crippen molar-refractivity contribution in [1.29, 1.82) is 0 Å². The summed E-state index contributed by atoms with van der Waals surface area (Å²) in [4.78, 5) is 14.6. The molecule has 1 aromatic carbocycles. The van der Waals surface area contributed by atoms with Gasteiger partial charge in [-0.3, -0.25) is 9.69 Å². The van der Waals surface area contributed by atoms with E-state index in [0.29, 0.717) is 32.2 Å². The number of benzene rings is 1. The maximum absolute atomic E-state index is 12.7. The Morgan fingerprint density at radius 1 is 1.22 bits per heavy atom. The summed E-state index contributed by atoms with van der Waals surface area (Å²) in [6.07, 6.45) is 2.06. The molecular weight excluding hydrogens is 426 g/mol. The Morgan fingerprint density at radius 3 is 2.63 bits per heavy atom. The zero-order valence-electron chi connectivity index (χ0n) is 13.9. The number of amides is 1. The van der Waals surface area contributed by atoms with Crippen molar-refractivity contribution in [2.45, 2.75) is 12.5 Å². The lowest BCUT2D eigenvalue weighted by Crippen LogP contribution is -2.39. The second-order valence-electron chi connectivity index (χ2n) is 6.32. The first-order valence-corrected chi connectivity index (χ1v) is 11.6. The lowest BCUT2D eigenvalue weighted by Gasteiger charge is -2.20. The third kappa shape index (κ3) is 3.85. The van der Waals surface area contributed by atoms with Gasteiger partial charge in [-0.25, -0.2) is 8.42 Å². The van der Waals surface area contributed by atoms with Gasteiger partial charge in [-0.2, -0.15) is 0 Å². The highest BCUT2D eigenvalue weighted by Crippen LogP contribution is 2.37. The number of hydrogen-bond acceptors (Lipinski definition) is 6. The van der Waals surface area contributed by atoms with E-state index in [0.717, 1.165) is 5.56 Å². The topological polar surface area (TPSA) is 67.6 Å². The minimum atomic E-state index is -3.10. The molecule has 140 valence electrons. The lowest BCUT2D eigenvalue weighted by molar-refractivity contribution is -0.123. The predicted octanol–water partition coefficient (Wildman–Crippen LogP) is 3.99. The van der Waals surface area contributed by atoms with Crippen molar-refractivity contribution in [2.75, 3.05) is 11.5 Å². The van der Waals surface area contributed by atoms with E-state index >= 15 is 0 Å². The number of nitrogens with zero attached hydrogens (tertiary/aromatic N) is 1. The van der Waals surface area contributed by atoms with Gasteiger partial charge in [0.25, 0.3) is 5.91 Å². The molecule has 27 heavy (non-hydrogen) atoms. The summed E-state index contributed by atoms with van der Waals surface area (Å²) in [6.45, 7) is 0. The molecule has 4 rings (SSSR count). The molecule has 2 fully saturated rings. The van der Waals surface area contributed by atoms with Crippen LogP contribution in [0.1, 0.15) is 12.2 Å². The highest BCUT2D eigenvalue weighted by Gasteiger charge is 2.42. The molecule has 2 saturated heterocycles. The lowest BCUT2D eigenvalue weighted by atomic mass is 10.2. The van der Waals surface area contributed by atoms with Gasteiger partial charge in [0.05, 0.1) is 22.5 Å². The van der Waals surface area contributed by atoms with Crippen molar-refractivity contribution in [3.05, 3.63) is 52.1 Å². The molecule has 0 aliphatic carbocycles. The summed E-state index contributed by atoms with van der Waals surface area (Å²) in [7, 11) is -3.10. The molecule has 1 atom stereocenters. The molecule has 9 heteroatoms. The van der Waals surface area contributed by atoms with Crippen molar-refractivity contribution in [2.24, 2.45) is 0 Å². The van der Waals surface area contributed by atoms with E-state index in [1.807, 2.05) is 18.2 Å². The number of furan rings is 1. The number of sulfone groups is 1. The van der Waals surface area contributed by atoms with E-state index in [1.54, 1.807) is 24.3 Å². The SMILES string of the molecule is O=C1/C(=C/c2ccc(-c3ccc(Cl)cc3)o2)SC(=S)N1C1CCS(=O)(=O)C1. The second kappa shape index (κ2) is 7.09. The maximum Gasteiger partial charge on any atom is 0.266 e. The molecule has 0 spiro atoms. The minimum Gasteiger partial charge on any atom is -0.457 e. The van der Waals surface area contributed by atoms with Gasteiger partial charge in [-0.15, -0.1) is 0 Å². The number of halogens is 1. The molecule has 2 aromatic rings. The van der Waals surface area contributed by atoms with Crippen LogP contribution < -0.4 is 0 Å². The number of thioether (sulfide) groups is 1. The number of hydrogen-bond donors (Lipinski definition) is 0. The van der Waals surface area contributed by atoms with Gasteiger partial charge in [0.1, 0.15) is 15.8 Å². The van der Waals surface area contributed by atoms with Crippen molar-refractivity contribution in [3.63, 3.8) is 0 Å². The fourth-order valence-electron chi connectivity index (χ4n) is 3.10. The van der Waals surface area contributed by atoms with Crippen LogP contribution in [0.3, 0.4) is 0 Å². The molecule has 0 bridgehead atoms. The highest BCUT2D eigenvalue weighted by atomic mass is 35.5. The third-order valence-corrected chi connectivity index (χ3v) is 7.76. The van der Waals surface area contributed by atoms with Crippen LogP contribution in [0.15, 0.2) is 45.7 Å². The van der Waals surface area contributed by atoms with E-state index in [2.05, 4.69) is 0 Å². The zero-order valence-corrected chi connectivity index (χ0v) is 17.1. The molecule has 3 heterocycles. The summed E-state index contributed by atoms with van der Waals surface area (Å²) in [5.41, 5.74) is 0.878.